The molecule has 0 saturated heterocycles. The zero-order chi connectivity index (χ0) is 23.8. The van der Waals surface area contributed by atoms with Gasteiger partial charge in [0.25, 0.3) is 5.56 Å². The zero-order valence-electron chi connectivity index (χ0n) is 17.7. The van der Waals surface area contributed by atoms with Crippen LogP contribution in [0.3, 0.4) is 0 Å². The fourth-order valence-corrected chi connectivity index (χ4v) is 4.58. The van der Waals surface area contributed by atoms with E-state index in [2.05, 4.69) is 10.3 Å². The number of hydrogen-bond acceptors (Lipinski definition) is 5. The number of hydrogen-bond donors (Lipinski definition) is 1. The third-order valence-corrected chi connectivity index (χ3v) is 6.32. The molecule has 0 bridgehead atoms. The normalized spacial score (nSPS) is 13.7. The van der Waals surface area contributed by atoms with Gasteiger partial charge in [0.2, 0.25) is 15.9 Å². The number of aromatic nitrogens is 2. The summed E-state index contributed by atoms with van der Waals surface area (Å²) in [4.78, 5) is 30.2. The van der Waals surface area contributed by atoms with Gasteiger partial charge >= 0.3 is 0 Å². The van der Waals surface area contributed by atoms with Crippen molar-refractivity contribution in [2.45, 2.75) is 30.3 Å². The minimum Gasteiger partial charge on any atom is -0.466 e. The Morgan fingerprint density at radius 2 is 1.88 bits per heavy atom. The molecule has 0 aliphatic heterocycles. The van der Waals surface area contributed by atoms with Gasteiger partial charge in [0, 0.05) is 6.42 Å². The summed E-state index contributed by atoms with van der Waals surface area (Å²) in [6, 6.07) is 14.5. The largest absolute Gasteiger partial charge is 0.466 e. The van der Waals surface area contributed by atoms with Crippen LogP contribution in [0.15, 0.2) is 53.3 Å². The van der Waals surface area contributed by atoms with E-state index in [9.17, 15) is 9.59 Å². The molecule has 0 radical (unpaired) electrons. The average molecular weight is 525 g/mol. The smallest absolute Gasteiger partial charge is 0.274 e. The highest BCUT2D eigenvalue weighted by Crippen LogP contribution is 2.32. The number of thiazole rings is 1. The first-order valence-electron chi connectivity index (χ1n) is 10.2. The Balaban J connectivity index is 1.56. The Hall–Kier alpha value is -2.32. The summed E-state index contributed by atoms with van der Waals surface area (Å²) >= 11 is 19.3. The van der Waals surface area contributed by atoms with Gasteiger partial charge in [0.05, 0.1) is 15.6 Å². The summed E-state index contributed by atoms with van der Waals surface area (Å²) in [5.74, 6) is 0.284. The molecule has 6 nitrogen and oxygen atoms in total. The first kappa shape index (κ1) is 23.8. The number of ether oxygens (including phenoxy) is 1. The van der Waals surface area contributed by atoms with Crippen molar-refractivity contribution in [3.05, 3.63) is 69.0 Å². The summed E-state index contributed by atoms with van der Waals surface area (Å²) in [7, 11) is 0. The van der Waals surface area contributed by atoms with Crippen molar-refractivity contribution in [3.8, 4) is 5.75 Å². The van der Waals surface area contributed by atoms with Crippen molar-refractivity contribution in [2.24, 2.45) is 5.92 Å². The van der Waals surface area contributed by atoms with Crippen LogP contribution >= 0.6 is 46.1 Å². The van der Waals surface area contributed by atoms with Gasteiger partial charge in [0.15, 0.2) is 4.96 Å². The molecule has 4 rings (SSSR count). The van der Waals surface area contributed by atoms with E-state index in [0.717, 1.165) is 16.6 Å². The van der Waals surface area contributed by atoms with Crippen molar-refractivity contribution in [1.29, 1.82) is 0 Å². The summed E-state index contributed by atoms with van der Waals surface area (Å²) in [5.41, 5.74) is 2.25. The molecular formula is C23H20Cl3N3O3S. The number of nitrogens with zero attached hydrogens (tertiary/aromatic N) is 2. The highest BCUT2D eigenvalue weighted by molar-refractivity contribution is 7.15. The number of amides is 1. The molecule has 1 unspecified atom stereocenters. The molecule has 10 heteroatoms. The van der Waals surface area contributed by atoms with Gasteiger partial charge in [-0.1, -0.05) is 84.3 Å². The summed E-state index contributed by atoms with van der Waals surface area (Å²) in [6.45, 7) is 3.84. The van der Waals surface area contributed by atoms with Gasteiger partial charge < -0.3 is 10.1 Å². The lowest BCUT2D eigenvalue weighted by Gasteiger charge is -2.26. The van der Waals surface area contributed by atoms with Crippen LogP contribution in [0.25, 0.3) is 22.1 Å². The first-order chi connectivity index (χ1) is 15.6. The van der Waals surface area contributed by atoms with Crippen molar-refractivity contribution >= 4 is 74.1 Å². The van der Waals surface area contributed by atoms with E-state index in [1.807, 2.05) is 38.1 Å². The van der Waals surface area contributed by atoms with Crippen LogP contribution in [0.4, 0.5) is 0 Å². The molecule has 1 N–H and O–H groups in total. The minimum atomic E-state index is -1.86. The summed E-state index contributed by atoms with van der Waals surface area (Å²) < 4.78 is 6.06. The Bertz CT molecular complexity index is 1410. The van der Waals surface area contributed by atoms with Crippen LogP contribution in [0.2, 0.25) is 0 Å². The fourth-order valence-electron chi connectivity index (χ4n) is 3.30. The first-order valence-corrected chi connectivity index (χ1v) is 12.1. The van der Waals surface area contributed by atoms with E-state index in [0.29, 0.717) is 15.2 Å². The Labute approximate surface area is 208 Å². The number of para-hydroxylation sites is 2. The van der Waals surface area contributed by atoms with E-state index in [1.54, 1.807) is 34.7 Å². The Morgan fingerprint density at radius 3 is 2.55 bits per heavy atom. The molecule has 2 aromatic carbocycles. The quantitative estimate of drug-likeness (QED) is 0.293. The Morgan fingerprint density at radius 1 is 1.18 bits per heavy atom. The number of rotatable bonds is 6. The lowest BCUT2D eigenvalue weighted by atomic mass is 10.1. The van der Waals surface area contributed by atoms with E-state index < -0.39 is 10.0 Å². The van der Waals surface area contributed by atoms with E-state index >= 15 is 0 Å². The predicted molar refractivity (Wildman–Crippen MR) is 134 cm³/mol. The van der Waals surface area contributed by atoms with E-state index in [4.69, 9.17) is 39.5 Å². The second-order valence-corrected chi connectivity index (χ2v) is 11.3. The number of alkyl halides is 3. The van der Waals surface area contributed by atoms with Gasteiger partial charge in [-0.05, 0) is 41.8 Å². The standard InChI is InChI=1S/C23H20Cl3N3O3S/c1-13(2)11-19(30)28-21(23(24,25)26)32-15-9-7-14(8-10-15)12-18-20(31)29-17-6-4-3-5-16(17)27-22(29)33-18/h3-10,12-13,21H,11H2,1-2H3,(H,28,30)/b18-12-. The van der Waals surface area contributed by atoms with Crippen LogP contribution < -0.4 is 20.1 Å². The van der Waals surface area contributed by atoms with Crippen LogP contribution in [0.1, 0.15) is 25.8 Å². The van der Waals surface area contributed by atoms with E-state index in [1.165, 1.54) is 11.3 Å². The van der Waals surface area contributed by atoms with E-state index in [-0.39, 0.29) is 23.8 Å². The number of benzene rings is 2. The molecule has 1 atom stereocenters. The molecule has 0 fully saturated rings. The number of carbonyl (C=O) groups is 1. The summed E-state index contributed by atoms with van der Waals surface area (Å²) in [6.07, 6.45) is 0.915. The fraction of sp³-hybridized carbons (Fsp3) is 0.261. The third kappa shape index (κ3) is 5.44. The highest BCUT2D eigenvalue weighted by Gasteiger charge is 2.36. The maximum atomic E-state index is 12.9. The van der Waals surface area contributed by atoms with Crippen LogP contribution in [-0.4, -0.2) is 25.3 Å². The number of imidazole rings is 1. The van der Waals surface area contributed by atoms with Crippen molar-refractivity contribution < 1.29 is 9.53 Å². The van der Waals surface area contributed by atoms with Crippen LogP contribution in [0, 0.1) is 5.92 Å². The van der Waals surface area contributed by atoms with Gasteiger partial charge in [-0.15, -0.1) is 0 Å². The molecule has 4 aromatic rings. The molecule has 0 aliphatic rings. The number of fused-ring (bicyclic) bond motifs is 3. The molecule has 0 saturated carbocycles. The lowest BCUT2D eigenvalue weighted by Crippen LogP contribution is -2.48. The molecule has 2 heterocycles. The zero-order valence-corrected chi connectivity index (χ0v) is 20.8. The monoisotopic (exact) mass is 523 g/mol. The van der Waals surface area contributed by atoms with Crippen molar-refractivity contribution in [1.82, 2.24) is 14.7 Å². The van der Waals surface area contributed by atoms with Gasteiger partial charge in [-0.2, -0.15) is 0 Å². The van der Waals surface area contributed by atoms with Gasteiger partial charge in [-0.25, -0.2) is 9.38 Å². The highest BCUT2D eigenvalue weighted by atomic mass is 35.6. The molecule has 2 aromatic heterocycles. The Kier molecular flexibility index (Phi) is 6.86. The maximum absolute atomic E-state index is 12.9. The van der Waals surface area contributed by atoms with Crippen LogP contribution in [0.5, 0.6) is 5.75 Å². The number of nitrogens with one attached hydrogen (secondary N) is 1. The third-order valence-electron chi connectivity index (χ3n) is 4.76. The SMILES string of the molecule is CC(C)CC(=O)NC(Oc1ccc(/C=c2\sc3nc4ccccc4n3c2=O)cc1)C(Cl)(Cl)Cl. The molecule has 172 valence electrons. The van der Waals surface area contributed by atoms with Crippen LogP contribution in [-0.2, 0) is 4.79 Å². The minimum absolute atomic E-state index is 0.117. The van der Waals surface area contributed by atoms with Crippen molar-refractivity contribution in [3.63, 3.8) is 0 Å². The lowest BCUT2D eigenvalue weighted by molar-refractivity contribution is -0.124. The molecule has 1 amide bonds. The molecular weight excluding hydrogens is 505 g/mol. The number of carbonyl (C=O) groups excluding carboxylic acids is 1. The second-order valence-electron chi connectivity index (χ2n) is 7.91. The van der Waals surface area contributed by atoms with Gasteiger partial charge in [-0.3, -0.25) is 9.59 Å². The second kappa shape index (κ2) is 9.50. The molecule has 0 spiro atoms. The maximum Gasteiger partial charge on any atom is 0.274 e. The van der Waals surface area contributed by atoms with Gasteiger partial charge in [0.1, 0.15) is 5.75 Å². The summed E-state index contributed by atoms with van der Waals surface area (Å²) in [5, 5.41) is 2.61. The molecule has 33 heavy (non-hydrogen) atoms. The average Bonchev–Trinajstić information content (AvgIpc) is 3.24. The molecule has 0 aliphatic carbocycles. The predicted octanol–water partition coefficient (Wildman–Crippen LogP) is 4.69. The number of halogens is 3. The topological polar surface area (TPSA) is 72.7 Å². The van der Waals surface area contributed by atoms with Crippen molar-refractivity contribution in [2.75, 3.05) is 0 Å².